The minimum atomic E-state index is -0.708. The average Bonchev–Trinajstić information content (AvgIpc) is 2.33. The van der Waals surface area contributed by atoms with Crippen molar-refractivity contribution in [2.24, 2.45) is 0 Å². The second-order valence-electron chi connectivity index (χ2n) is 4.99. The summed E-state index contributed by atoms with van der Waals surface area (Å²) in [7, 11) is 0. The maximum atomic E-state index is 13.3. The molecular weight excluding hydrogens is 255 g/mol. The lowest BCUT2D eigenvalue weighted by atomic mass is 9.85. The van der Waals surface area contributed by atoms with E-state index < -0.39 is 11.4 Å². The average molecular weight is 273 g/mol. The van der Waals surface area contributed by atoms with Gasteiger partial charge >= 0.3 is 0 Å². The van der Waals surface area contributed by atoms with Crippen LogP contribution in [0.25, 0.3) is 0 Å². The first-order chi connectivity index (χ1) is 8.50. The van der Waals surface area contributed by atoms with Crippen molar-refractivity contribution in [3.05, 3.63) is 23.0 Å². The van der Waals surface area contributed by atoms with E-state index in [-0.39, 0.29) is 5.02 Å². The molecule has 1 saturated carbocycles. The highest BCUT2D eigenvalue weighted by molar-refractivity contribution is 6.31. The van der Waals surface area contributed by atoms with E-state index in [2.05, 4.69) is 5.32 Å². The largest absolute Gasteiger partial charge is 0.397 e. The summed E-state index contributed by atoms with van der Waals surface area (Å²) in [5, 5.41) is 13.4. The molecule has 4 N–H and O–H groups in total. The molecule has 0 aliphatic heterocycles. The molecule has 1 aliphatic carbocycles. The van der Waals surface area contributed by atoms with Gasteiger partial charge < -0.3 is 16.2 Å². The van der Waals surface area contributed by atoms with Crippen LogP contribution in [0.1, 0.15) is 32.1 Å². The highest BCUT2D eigenvalue weighted by atomic mass is 35.5. The van der Waals surface area contributed by atoms with Crippen LogP contribution in [-0.4, -0.2) is 17.3 Å². The lowest BCUT2D eigenvalue weighted by molar-refractivity contribution is 0.0167. The molecule has 0 atom stereocenters. The van der Waals surface area contributed by atoms with Gasteiger partial charge in [-0.25, -0.2) is 4.39 Å². The molecule has 1 fully saturated rings. The van der Waals surface area contributed by atoms with Crippen molar-refractivity contribution >= 4 is 23.0 Å². The van der Waals surface area contributed by atoms with E-state index in [1.54, 1.807) is 0 Å². The molecule has 0 amide bonds. The Labute approximate surface area is 111 Å². The van der Waals surface area contributed by atoms with Gasteiger partial charge in [0.25, 0.3) is 0 Å². The molecule has 0 spiro atoms. The smallest absolute Gasteiger partial charge is 0.143 e. The van der Waals surface area contributed by atoms with E-state index in [9.17, 15) is 9.50 Å². The number of nitrogens with one attached hydrogen (secondary N) is 1. The molecule has 0 bridgehead atoms. The van der Waals surface area contributed by atoms with Crippen LogP contribution in [0.15, 0.2) is 12.1 Å². The Morgan fingerprint density at radius 1 is 1.33 bits per heavy atom. The molecule has 3 nitrogen and oxygen atoms in total. The Kier molecular flexibility index (Phi) is 3.97. The molecule has 0 heterocycles. The molecule has 5 heteroatoms. The van der Waals surface area contributed by atoms with Gasteiger partial charge in [0.1, 0.15) is 5.82 Å². The van der Waals surface area contributed by atoms with Gasteiger partial charge in [-0.1, -0.05) is 30.9 Å². The quantitative estimate of drug-likeness (QED) is 0.741. The van der Waals surface area contributed by atoms with Crippen LogP contribution in [0, 0.1) is 5.82 Å². The summed E-state index contributed by atoms with van der Waals surface area (Å²) in [4.78, 5) is 0. The molecule has 0 aromatic heterocycles. The second-order valence-corrected chi connectivity index (χ2v) is 5.40. The molecule has 0 unspecified atom stereocenters. The minimum Gasteiger partial charge on any atom is -0.397 e. The predicted molar refractivity (Wildman–Crippen MR) is 72.3 cm³/mol. The first-order valence-corrected chi connectivity index (χ1v) is 6.59. The molecule has 0 saturated heterocycles. The highest BCUT2D eigenvalue weighted by Crippen LogP contribution is 2.30. The molecule has 1 aromatic carbocycles. The third-order valence-corrected chi connectivity index (χ3v) is 3.77. The summed E-state index contributed by atoms with van der Waals surface area (Å²) < 4.78 is 13.3. The van der Waals surface area contributed by atoms with Gasteiger partial charge in [0.2, 0.25) is 0 Å². The van der Waals surface area contributed by atoms with Crippen molar-refractivity contribution in [3.63, 3.8) is 0 Å². The molecule has 1 aliphatic rings. The number of aliphatic hydroxyl groups is 1. The van der Waals surface area contributed by atoms with Crippen molar-refractivity contribution < 1.29 is 9.50 Å². The summed E-state index contributed by atoms with van der Waals surface area (Å²) in [5.41, 5.74) is 5.92. The van der Waals surface area contributed by atoms with Crippen molar-refractivity contribution in [3.8, 4) is 0 Å². The van der Waals surface area contributed by atoms with Gasteiger partial charge in [-0.2, -0.15) is 0 Å². The minimum absolute atomic E-state index is 0.00873. The lowest BCUT2D eigenvalue weighted by Gasteiger charge is -2.32. The van der Waals surface area contributed by atoms with Crippen molar-refractivity contribution in [2.45, 2.75) is 37.7 Å². The Hall–Kier alpha value is -1.00. The standard InChI is InChI=1S/C13H18ClFN2O/c14-9-6-11(16)12(7-10(9)15)17-8-13(18)4-2-1-3-5-13/h6-7,17-18H,1-5,8,16H2. The number of nitrogen functional groups attached to an aromatic ring is 1. The highest BCUT2D eigenvalue weighted by Gasteiger charge is 2.28. The third-order valence-electron chi connectivity index (χ3n) is 3.48. The van der Waals surface area contributed by atoms with E-state index in [1.165, 1.54) is 18.6 Å². The summed E-state index contributed by atoms with van der Waals surface area (Å²) >= 11 is 5.63. The van der Waals surface area contributed by atoms with Crippen molar-refractivity contribution in [2.75, 3.05) is 17.6 Å². The number of hydrogen-bond donors (Lipinski definition) is 3. The van der Waals surface area contributed by atoms with Crippen LogP contribution in [0.3, 0.4) is 0 Å². The van der Waals surface area contributed by atoms with Crippen LogP contribution in [0.2, 0.25) is 5.02 Å². The molecule has 18 heavy (non-hydrogen) atoms. The van der Waals surface area contributed by atoms with Gasteiger partial charge in [0.15, 0.2) is 0 Å². The maximum Gasteiger partial charge on any atom is 0.143 e. The van der Waals surface area contributed by atoms with Gasteiger partial charge in [-0.3, -0.25) is 0 Å². The van der Waals surface area contributed by atoms with E-state index in [0.29, 0.717) is 17.9 Å². The van der Waals surface area contributed by atoms with Gasteiger partial charge in [0, 0.05) is 12.6 Å². The molecule has 1 aromatic rings. The topological polar surface area (TPSA) is 58.3 Å². The Bertz CT molecular complexity index is 433. The van der Waals surface area contributed by atoms with Crippen LogP contribution < -0.4 is 11.1 Å². The zero-order valence-corrected chi connectivity index (χ0v) is 10.9. The summed E-state index contributed by atoms with van der Waals surface area (Å²) in [6.45, 7) is 0.387. The zero-order chi connectivity index (χ0) is 13.2. The van der Waals surface area contributed by atoms with Gasteiger partial charge in [-0.05, 0) is 18.9 Å². The fourth-order valence-electron chi connectivity index (χ4n) is 2.36. The van der Waals surface area contributed by atoms with Gasteiger partial charge in [-0.15, -0.1) is 0 Å². The summed E-state index contributed by atoms with van der Waals surface area (Å²) in [6.07, 6.45) is 4.78. The number of anilines is 2. The Morgan fingerprint density at radius 2 is 2.00 bits per heavy atom. The Balaban J connectivity index is 2.03. The first kappa shape index (κ1) is 13.4. The fraction of sp³-hybridized carbons (Fsp3) is 0.538. The van der Waals surface area contributed by atoms with Crippen LogP contribution in [0.5, 0.6) is 0 Å². The van der Waals surface area contributed by atoms with Crippen molar-refractivity contribution in [1.29, 1.82) is 0 Å². The monoisotopic (exact) mass is 272 g/mol. The fourth-order valence-corrected chi connectivity index (χ4v) is 2.53. The maximum absolute atomic E-state index is 13.3. The molecule has 0 radical (unpaired) electrons. The lowest BCUT2D eigenvalue weighted by Crippen LogP contribution is -2.38. The third kappa shape index (κ3) is 3.06. The van der Waals surface area contributed by atoms with E-state index in [1.807, 2.05) is 0 Å². The number of rotatable bonds is 3. The van der Waals surface area contributed by atoms with Crippen molar-refractivity contribution in [1.82, 2.24) is 0 Å². The number of hydrogen-bond acceptors (Lipinski definition) is 3. The number of halogens is 2. The normalized spacial score (nSPS) is 18.6. The van der Waals surface area contributed by atoms with E-state index in [4.69, 9.17) is 17.3 Å². The summed E-state index contributed by atoms with van der Waals surface area (Å²) in [6, 6.07) is 2.65. The van der Waals surface area contributed by atoms with E-state index in [0.717, 1.165) is 25.7 Å². The molecule has 100 valence electrons. The summed E-state index contributed by atoms with van der Waals surface area (Å²) in [5.74, 6) is -0.510. The predicted octanol–water partition coefficient (Wildman–Crippen LogP) is 3.17. The van der Waals surface area contributed by atoms with E-state index >= 15 is 0 Å². The second kappa shape index (κ2) is 5.33. The number of benzene rings is 1. The molecule has 2 rings (SSSR count). The zero-order valence-electron chi connectivity index (χ0n) is 10.2. The van der Waals surface area contributed by atoms with Crippen LogP contribution in [0.4, 0.5) is 15.8 Å². The molecular formula is C13H18ClFN2O. The van der Waals surface area contributed by atoms with Crippen LogP contribution >= 0.6 is 11.6 Å². The first-order valence-electron chi connectivity index (χ1n) is 6.21. The Morgan fingerprint density at radius 3 is 2.67 bits per heavy atom. The number of nitrogens with two attached hydrogens (primary N) is 1. The van der Waals surface area contributed by atoms with Crippen LogP contribution in [-0.2, 0) is 0 Å². The van der Waals surface area contributed by atoms with Gasteiger partial charge in [0.05, 0.1) is 22.0 Å². The SMILES string of the molecule is Nc1cc(Cl)c(F)cc1NCC1(O)CCCCC1.